The number of rotatable bonds is 2. The highest BCUT2D eigenvalue weighted by Crippen LogP contribution is 2.31. The Kier molecular flexibility index (Phi) is 4.17. The molecule has 3 rings (SSSR count). The van der Waals surface area contributed by atoms with E-state index in [0.29, 0.717) is 5.82 Å². The molecule has 116 valence electrons. The minimum absolute atomic E-state index is 0.214. The van der Waals surface area contributed by atoms with Crippen LogP contribution in [0.3, 0.4) is 0 Å². The van der Waals surface area contributed by atoms with Crippen LogP contribution in [0, 0.1) is 0 Å². The summed E-state index contributed by atoms with van der Waals surface area (Å²) in [7, 11) is 2.14. The Balaban J connectivity index is 1.89. The lowest BCUT2D eigenvalue weighted by Gasteiger charge is -2.40. The van der Waals surface area contributed by atoms with Gasteiger partial charge in [0.1, 0.15) is 11.6 Å². The van der Waals surface area contributed by atoms with E-state index in [1.54, 1.807) is 6.07 Å². The van der Waals surface area contributed by atoms with Crippen LogP contribution in [-0.2, 0) is 0 Å². The number of benzene rings is 1. The van der Waals surface area contributed by atoms with E-state index >= 15 is 0 Å². The van der Waals surface area contributed by atoms with Crippen molar-refractivity contribution >= 4 is 33.5 Å². The van der Waals surface area contributed by atoms with E-state index in [1.165, 1.54) is 5.56 Å². The summed E-state index contributed by atoms with van der Waals surface area (Å²) in [6.45, 7) is 2.65. The van der Waals surface area contributed by atoms with E-state index in [9.17, 15) is 0 Å². The topological polar surface area (TPSA) is 84.3 Å². The molecule has 0 spiro atoms. The van der Waals surface area contributed by atoms with Crippen LogP contribution >= 0.6 is 15.9 Å². The van der Waals surface area contributed by atoms with Gasteiger partial charge in [-0.3, -0.25) is 4.90 Å². The Bertz CT molecular complexity index is 657. The molecule has 4 N–H and O–H groups in total. The number of nitrogen functional groups attached to an aromatic ring is 2. The van der Waals surface area contributed by atoms with Gasteiger partial charge < -0.3 is 16.4 Å². The summed E-state index contributed by atoms with van der Waals surface area (Å²) in [4.78, 5) is 12.8. The summed E-state index contributed by atoms with van der Waals surface area (Å²) < 4.78 is 1.12. The Morgan fingerprint density at radius 2 is 1.95 bits per heavy atom. The molecule has 1 aliphatic rings. The molecule has 1 aromatic carbocycles. The van der Waals surface area contributed by atoms with E-state index in [-0.39, 0.29) is 12.0 Å². The van der Waals surface area contributed by atoms with E-state index < -0.39 is 0 Å². The van der Waals surface area contributed by atoms with Gasteiger partial charge in [0.05, 0.1) is 6.04 Å². The standard InChI is InChI=1S/C15H19BrN6/c1-21-6-7-22(14-8-13(17)19-15(18)20-14)9-12(21)10-4-2-3-5-11(10)16/h2-5,8,12H,6-7,9H2,1H3,(H4,17,18,19,20)/t12-/m0/s1. The zero-order chi connectivity index (χ0) is 15.7. The largest absolute Gasteiger partial charge is 0.383 e. The van der Waals surface area contributed by atoms with Gasteiger partial charge in [0, 0.05) is 30.2 Å². The highest BCUT2D eigenvalue weighted by molar-refractivity contribution is 9.10. The van der Waals surface area contributed by atoms with Crippen molar-refractivity contribution in [2.24, 2.45) is 0 Å². The molecule has 1 saturated heterocycles. The van der Waals surface area contributed by atoms with Gasteiger partial charge in [-0.15, -0.1) is 0 Å². The van der Waals surface area contributed by atoms with Gasteiger partial charge in [0.2, 0.25) is 5.95 Å². The fourth-order valence-electron chi connectivity index (χ4n) is 2.80. The first-order valence-electron chi connectivity index (χ1n) is 7.14. The van der Waals surface area contributed by atoms with Gasteiger partial charge in [-0.05, 0) is 18.7 Å². The number of piperazine rings is 1. The predicted molar refractivity (Wildman–Crippen MR) is 92.6 cm³/mol. The maximum atomic E-state index is 5.79. The highest BCUT2D eigenvalue weighted by atomic mass is 79.9. The lowest BCUT2D eigenvalue weighted by atomic mass is 10.0. The molecule has 1 atom stereocenters. The van der Waals surface area contributed by atoms with Crippen molar-refractivity contribution in [1.82, 2.24) is 14.9 Å². The molecule has 0 aliphatic carbocycles. The van der Waals surface area contributed by atoms with Crippen LogP contribution in [0.15, 0.2) is 34.8 Å². The number of likely N-dealkylation sites (N-methyl/N-ethyl adjacent to an activating group) is 1. The summed E-state index contributed by atoms with van der Waals surface area (Å²) in [5.74, 6) is 1.40. The minimum Gasteiger partial charge on any atom is -0.383 e. The third-order valence-electron chi connectivity index (χ3n) is 3.99. The normalized spacial score (nSPS) is 19.4. The first-order chi connectivity index (χ1) is 10.5. The molecule has 0 amide bonds. The number of hydrogen-bond donors (Lipinski definition) is 2. The third-order valence-corrected chi connectivity index (χ3v) is 4.71. The Morgan fingerprint density at radius 3 is 2.68 bits per heavy atom. The quantitative estimate of drug-likeness (QED) is 0.848. The van der Waals surface area contributed by atoms with E-state index in [2.05, 4.69) is 60.9 Å². The maximum absolute atomic E-state index is 5.79. The van der Waals surface area contributed by atoms with Crippen molar-refractivity contribution in [3.63, 3.8) is 0 Å². The summed E-state index contributed by atoms with van der Waals surface area (Å²) >= 11 is 3.65. The van der Waals surface area contributed by atoms with Crippen LogP contribution in [0.25, 0.3) is 0 Å². The van der Waals surface area contributed by atoms with Crippen LogP contribution in [-0.4, -0.2) is 41.5 Å². The van der Waals surface area contributed by atoms with Gasteiger partial charge >= 0.3 is 0 Å². The molecular formula is C15H19BrN6. The Labute approximate surface area is 138 Å². The van der Waals surface area contributed by atoms with Crippen molar-refractivity contribution in [3.8, 4) is 0 Å². The number of hydrogen-bond acceptors (Lipinski definition) is 6. The van der Waals surface area contributed by atoms with Crippen molar-refractivity contribution in [3.05, 3.63) is 40.4 Å². The van der Waals surface area contributed by atoms with Crippen LogP contribution < -0.4 is 16.4 Å². The molecule has 0 saturated carbocycles. The van der Waals surface area contributed by atoms with Crippen molar-refractivity contribution in [2.75, 3.05) is 43.0 Å². The first kappa shape index (κ1) is 15.1. The van der Waals surface area contributed by atoms with Gasteiger partial charge in [-0.1, -0.05) is 34.1 Å². The Hall–Kier alpha value is -1.86. The van der Waals surface area contributed by atoms with Crippen LogP contribution in [0.5, 0.6) is 0 Å². The van der Waals surface area contributed by atoms with E-state index in [1.807, 2.05) is 6.07 Å². The molecular weight excluding hydrogens is 344 g/mol. The molecule has 1 aromatic heterocycles. The number of aromatic nitrogens is 2. The summed E-state index contributed by atoms with van der Waals surface area (Å²) in [5, 5.41) is 0. The lowest BCUT2D eigenvalue weighted by molar-refractivity contribution is 0.220. The fraction of sp³-hybridized carbons (Fsp3) is 0.333. The molecule has 6 nitrogen and oxygen atoms in total. The Morgan fingerprint density at radius 1 is 1.18 bits per heavy atom. The first-order valence-corrected chi connectivity index (χ1v) is 7.93. The zero-order valence-electron chi connectivity index (χ0n) is 12.4. The second-order valence-electron chi connectivity index (χ2n) is 5.47. The molecule has 0 bridgehead atoms. The SMILES string of the molecule is CN1CCN(c2cc(N)nc(N)n2)C[C@H]1c1ccccc1Br. The highest BCUT2D eigenvalue weighted by Gasteiger charge is 2.27. The summed E-state index contributed by atoms with van der Waals surface area (Å²) in [6, 6.07) is 10.4. The van der Waals surface area contributed by atoms with Crippen molar-refractivity contribution in [1.29, 1.82) is 0 Å². The molecule has 1 aliphatic heterocycles. The molecule has 0 radical (unpaired) electrons. The van der Waals surface area contributed by atoms with Gasteiger partial charge in [-0.2, -0.15) is 9.97 Å². The maximum Gasteiger partial charge on any atom is 0.223 e. The number of halogens is 1. The average Bonchev–Trinajstić information content (AvgIpc) is 2.47. The molecule has 1 fully saturated rings. The van der Waals surface area contributed by atoms with Crippen molar-refractivity contribution < 1.29 is 0 Å². The van der Waals surface area contributed by atoms with Crippen LogP contribution in [0.1, 0.15) is 11.6 Å². The summed E-state index contributed by atoms with van der Waals surface area (Å²) in [5.41, 5.74) is 12.8. The second kappa shape index (κ2) is 6.10. The van der Waals surface area contributed by atoms with E-state index in [0.717, 1.165) is 29.9 Å². The molecule has 7 heteroatoms. The second-order valence-corrected chi connectivity index (χ2v) is 6.33. The summed E-state index contributed by atoms with van der Waals surface area (Å²) in [6.07, 6.45) is 0. The molecule has 2 heterocycles. The van der Waals surface area contributed by atoms with Crippen LogP contribution in [0.2, 0.25) is 0 Å². The number of nitrogens with zero attached hydrogens (tertiary/aromatic N) is 4. The molecule has 2 aromatic rings. The monoisotopic (exact) mass is 362 g/mol. The smallest absolute Gasteiger partial charge is 0.223 e. The molecule has 0 unspecified atom stereocenters. The lowest BCUT2D eigenvalue weighted by Crippen LogP contribution is -2.47. The van der Waals surface area contributed by atoms with E-state index in [4.69, 9.17) is 11.5 Å². The van der Waals surface area contributed by atoms with Crippen molar-refractivity contribution in [2.45, 2.75) is 6.04 Å². The predicted octanol–water partition coefficient (Wildman–Crippen LogP) is 1.90. The number of anilines is 3. The zero-order valence-corrected chi connectivity index (χ0v) is 14.0. The minimum atomic E-state index is 0.214. The van der Waals surface area contributed by atoms with Gasteiger partial charge in [-0.25, -0.2) is 0 Å². The fourth-order valence-corrected chi connectivity index (χ4v) is 3.35. The average molecular weight is 363 g/mol. The van der Waals surface area contributed by atoms with Crippen LogP contribution in [0.4, 0.5) is 17.6 Å². The third kappa shape index (κ3) is 3.00. The van der Waals surface area contributed by atoms with Gasteiger partial charge in [0.15, 0.2) is 0 Å². The number of nitrogens with two attached hydrogens (primary N) is 2. The molecule has 22 heavy (non-hydrogen) atoms. The van der Waals surface area contributed by atoms with Gasteiger partial charge in [0.25, 0.3) is 0 Å².